The van der Waals surface area contributed by atoms with Crippen LogP contribution in [-0.4, -0.2) is 17.0 Å². The molecular weight excluding hydrogens is 354 g/mol. The molecule has 1 aromatic heterocycles. The summed E-state index contributed by atoms with van der Waals surface area (Å²) in [4.78, 5) is 24.8. The quantitative estimate of drug-likeness (QED) is 0.253. The zero-order valence-corrected chi connectivity index (χ0v) is 15.2. The highest BCUT2D eigenvalue weighted by atomic mass is 16.5. The van der Waals surface area contributed by atoms with Crippen LogP contribution in [0.15, 0.2) is 78.9 Å². The Balaban J connectivity index is 2.02. The minimum absolute atomic E-state index is 0.420. The van der Waals surface area contributed by atoms with Crippen molar-refractivity contribution in [2.24, 2.45) is 0 Å². The molecule has 1 atom stereocenters. The third-order valence-corrected chi connectivity index (χ3v) is 4.77. The van der Waals surface area contributed by atoms with Crippen molar-refractivity contribution in [3.05, 3.63) is 84.4 Å². The van der Waals surface area contributed by atoms with Crippen LogP contribution >= 0.6 is 0 Å². The summed E-state index contributed by atoms with van der Waals surface area (Å²) in [6.07, 6.45) is 0. The summed E-state index contributed by atoms with van der Waals surface area (Å²) in [6, 6.07) is 22.7. The third-order valence-electron chi connectivity index (χ3n) is 4.77. The van der Waals surface area contributed by atoms with E-state index >= 15 is 0 Å². The van der Waals surface area contributed by atoms with Gasteiger partial charge in [-0.2, -0.15) is 4.57 Å². The average Bonchev–Trinajstić information content (AvgIpc) is 2.72. The van der Waals surface area contributed by atoms with E-state index < -0.39 is 18.0 Å². The minimum Gasteiger partial charge on any atom is -0.476 e. The van der Waals surface area contributed by atoms with Crippen LogP contribution in [-0.2, 0) is 4.79 Å². The Labute approximate surface area is 161 Å². The molecule has 4 aromatic rings. The largest absolute Gasteiger partial charge is 0.476 e. The minimum atomic E-state index is -0.945. The summed E-state index contributed by atoms with van der Waals surface area (Å²) in [7, 11) is 0. The summed E-state index contributed by atoms with van der Waals surface area (Å²) >= 11 is 0. The lowest BCUT2D eigenvalue weighted by atomic mass is 10.0. The number of carbonyl (C=O) groups is 2. The van der Waals surface area contributed by atoms with Gasteiger partial charge in [0.05, 0.1) is 16.3 Å². The molecule has 1 unspecified atom stereocenters. The SMILES string of the molecule is CC(C(=O)O)[n+]1c2ccccc2c(C(=O)Oc2ccccc2)c2ccccc21. The standard InChI is InChI=1S/C23H17NO4/c1-15(22(25)26)24-19-13-7-5-11-17(19)21(18-12-6-8-14-20(18)24)23(27)28-16-9-3-2-4-10-16/h2-15H,1H3/p+1. The maximum Gasteiger partial charge on any atom is 0.373 e. The first kappa shape index (κ1) is 17.7. The van der Waals surface area contributed by atoms with Gasteiger partial charge in [0.25, 0.3) is 6.04 Å². The molecule has 0 bridgehead atoms. The number of nitrogens with zero attached hydrogens (tertiary/aromatic N) is 1. The Bertz CT molecular complexity index is 1140. The number of hydrogen-bond acceptors (Lipinski definition) is 3. The van der Waals surface area contributed by atoms with Gasteiger partial charge in [-0.1, -0.05) is 42.5 Å². The first-order chi connectivity index (χ1) is 13.6. The van der Waals surface area contributed by atoms with E-state index in [0.29, 0.717) is 33.1 Å². The van der Waals surface area contributed by atoms with E-state index in [2.05, 4.69) is 0 Å². The predicted molar refractivity (Wildman–Crippen MR) is 105 cm³/mol. The maximum absolute atomic E-state index is 13.1. The Hall–Kier alpha value is -3.73. The zero-order chi connectivity index (χ0) is 19.7. The van der Waals surface area contributed by atoms with Gasteiger partial charge >= 0.3 is 11.9 Å². The van der Waals surface area contributed by atoms with Crippen molar-refractivity contribution in [2.75, 3.05) is 0 Å². The third kappa shape index (κ3) is 2.97. The molecule has 0 aliphatic heterocycles. The monoisotopic (exact) mass is 372 g/mol. The summed E-state index contributed by atoms with van der Waals surface area (Å²) < 4.78 is 7.34. The zero-order valence-electron chi connectivity index (χ0n) is 15.2. The maximum atomic E-state index is 13.1. The number of rotatable bonds is 4. The summed E-state index contributed by atoms with van der Waals surface area (Å²) in [6.45, 7) is 1.63. The lowest BCUT2D eigenvalue weighted by molar-refractivity contribution is -0.657. The summed E-state index contributed by atoms with van der Waals surface area (Å²) in [5.74, 6) is -0.968. The van der Waals surface area contributed by atoms with Crippen LogP contribution in [0.4, 0.5) is 0 Å². The number of carboxylic acid groups (broad SMARTS) is 1. The van der Waals surface area contributed by atoms with E-state index in [9.17, 15) is 14.7 Å². The normalized spacial score (nSPS) is 12.0. The van der Waals surface area contributed by atoms with Crippen molar-refractivity contribution in [3.8, 4) is 5.75 Å². The second-order valence-electron chi connectivity index (χ2n) is 6.50. The number of fused-ring (bicyclic) bond motifs is 2. The lowest BCUT2D eigenvalue weighted by Crippen LogP contribution is -2.44. The average molecular weight is 372 g/mol. The van der Waals surface area contributed by atoms with Gasteiger partial charge in [0.2, 0.25) is 11.0 Å². The number of esters is 1. The molecule has 138 valence electrons. The molecule has 1 N–H and O–H groups in total. The summed E-state index contributed by atoms with van der Waals surface area (Å²) in [5, 5.41) is 10.9. The molecule has 0 aliphatic carbocycles. The highest BCUT2D eigenvalue weighted by Gasteiger charge is 2.31. The fourth-order valence-corrected chi connectivity index (χ4v) is 3.46. The van der Waals surface area contributed by atoms with E-state index in [-0.39, 0.29) is 0 Å². The van der Waals surface area contributed by atoms with Crippen molar-refractivity contribution >= 4 is 33.7 Å². The Morgan fingerprint density at radius 1 is 0.821 bits per heavy atom. The lowest BCUT2D eigenvalue weighted by Gasteiger charge is -2.13. The number of aliphatic carboxylic acids is 1. The fraction of sp³-hybridized carbons (Fsp3) is 0.0870. The van der Waals surface area contributed by atoms with E-state index in [4.69, 9.17) is 4.74 Å². The molecule has 5 heteroatoms. The highest BCUT2D eigenvalue weighted by molar-refractivity contribution is 6.13. The molecule has 0 amide bonds. The molecule has 4 rings (SSSR count). The number of carboxylic acids is 1. The van der Waals surface area contributed by atoms with Gasteiger partial charge in [0, 0.05) is 19.1 Å². The molecule has 0 aliphatic rings. The number of carbonyl (C=O) groups excluding carboxylic acids is 1. The summed E-state index contributed by atoms with van der Waals surface area (Å²) in [5.41, 5.74) is 1.75. The Morgan fingerprint density at radius 2 is 1.32 bits per heavy atom. The first-order valence-corrected chi connectivity index (χ1v) is 8.93. The van der Waals surface area contributed by atoms with Gasteiger partial charge in [0.15, 0.2) is 0 Å². The van der Waals surface area contributed by atoms with Crippen LogP contribution in [0.25, 0.3) is 21.8 Å². The van der Waals surface area contributed by atoms with Crippen molar-refractivity contribution in [3.63, 3.8) is 0 Å². The molecular formula is C23H18NO4+. The van der Waals surface area contributed by atoms with Crippen LogP contribution in [0.5, 0.6) is 5.75 Å². The van der Waals surface area contributed by atoms with Gasteiger partial charge in [-0.3, -0.25) is 0 Å². The Kier molecular flexibility index (Phi) is 4.49. The van der Waals surface area contributed by atoms with Gasteiger partial charge in [-0.15, -0.1) is 0 Å². The van der Waals surface area contributed by atoms with E-state index in [1.807, 2.05) is 54.6 Å². The molecule has 3 aromatic carbocycles. The van der Waals surface area contributed by atoms with Gasteiger partial charge in [-0.25, -0.2) is 9.59 Å². The molecule has 0 radical (unpaired) electrons. The number of pyridine rings is 1. The van der Waals surface area contributed by atoms with E-state index in [1.54, 1.807) is 35.8 Å². The second-order valence-corrected chi connectivity index (χ2v) is 6.50. The van der Waals surface area contributed by atoms with Crippen LogP contribution in [0.1, 0.15) is 23.3 Å². The number of aromatic nitrogens is 1. The number of ether oxygens (including phenoxy) is 1. The van der Waals surface area contributed by atoms with Gasteiger partial charge in [-0.05, 0) is 24.3 Å². The molecule has 0 fully saturated rings. The molecule has 0 saturated heterocycles. The number of para-hydroxylation sites is 3. The van der Waals surface area contributed by atoms with Crippen LogP contribution in [0.2, 0.25) is 0 Å². The second kappa shape index (κ2) is 7.12. The van der Waals surface area contributed by atoms with E-state index in [0.717, 1.165) is 0 Å². The van der Waals surface area contributed by atoms with Crippen LogP contribution < -0.4 is 9.30 Å². The molecule has 28 heavy (non-hydrogen) atoms. The van der Waals surface area contributed by atoms with Crippen molar-refractivity contribution in [2.45, 2.75) is 13.0 Å². The number of benzene rings is 3. The Morgan fingerprint density at radius 3 is 1.86 bits per heavy atom. The highest BCUT2D eigenvalue weighted by Crippen LogP contribution is 2.27. The molecule has 1 heterocycles. The first-order valence-electron chi connectivity index (χ1n) is 8.93. The number of hydrogen-bond donors (Lipinski definition) is 1. The van der Waals surface area contributed by atoms with Gasteiger partial charge < -0.3 is 9.84 Å². The smallest absolute Gasteiger partial charge is 0.373 e. The fourth-order valence-electron chi connectivity index (χ4n) is 3.46. The van der Waals surface area contributed by atoms with Gasteiger partial charge in [0.1, 0.15) is 5.75 Å². The molecule has 5 nitrogen and oxygen atoms in total. The van der Waals surface area contributed by atoms with Crippen molar-refractivity contribution < 1.29 is 24.0 Å². The topological polar surface area (TPSA) is 67.5 Å². The molecule has 0 saturated carbocycles. The van der Waals surface area contributed by atoms with Crippen LogP contribution in [0.3, 0.4) is 0 Å². The van der Waals surface area contributed by atoms with E-state index in [1.165, 1.54) is 0 Å². The van der Waals surface area contributed by atoms with Crippen molar-refractivity contribution in [1.82, 2.24) is 0 Å². The van der Waals surface area contributed by atoms with Crippen molar-refractivity contribution in [1.29, 1.82) is 0 Å². The van der Waals surface area contributed by atoms with Crippen LogP contribution in [0, 0.1) is 0 Å². The predicted octanol–water partition coefficient (Wildman–Crippen LogP) is 4.15. The molecule has 0 spiro atoms.